The van der Waals surface area contributed by atoms with E-state index < -0.39 is 0 Å². The van der Waals surface area contributed by atoms with Crippen LogP contribution in [0.2, 0.25) is 0 Å². The number of amides is 2. The first-order valence-corrected chi connectivity index (χ1v) is 6.92. The predicted octanol–water partition coefficient (Wildman–Crippen LogP) is 1.54. The number of nitrogens with one attached hydrogen (secondary N) is 2. The van der Waals surface area contributed by atoms with Crippen LogP contribution < -0.4 is 10.6 Å². The van der Waals surface area contributed by atoms with Crippen LogP contribution in [0, 0.1) is 6.92 Å². The van der Waals surface area contributed by atoms with Gasteiger partial charge in [0.15, 0.2) is 0 Å². The zero-order valence-corrected chi connectivity index (χ0v) is 11.8. The smallest absolute Gasteiger partial charge is 0.315 e. The maximum Gasteiger partial charge on any atom is 0.315 e. The van der Waals surface area contributed by atoms with Gasteiger partial charge in [0.2, 0.25) is 0 Å². The number of carbonyl (C=O) groups excluding carboxylic acids is 1. The van der Waals surface area contributed by atoms with Crippen LogP contribution in [0.1, 0.15) is 17.6 Å². The minimum absolute atomic E-state index is 0.0345. The Morgan fingerprint density at radius 1 is 1.58 bits per heavy atom. The summed E-state index contributed by atoms with van der Waals surface area (Å²) in [6.45, 7) is 5.05. The number of carbonyl (C=O) groups is 1. The number of hydrogen-bond acceptors (Lipinski definition) is 4. The largest absolute Gasteiger partial charge is 0.335 e. The lowest BCUT2D eigenvalue weighted by molar-refractivity contribution is 0.236. The Labute approximate surface area is 115 Å². The van der Waals surface area contributed by atoms with Crippen LogP contribution in [0.15, 0.2) is 24.1 Å². The molecular formula is C12H17N5OS. The summed E-state index contributed by atoms with van der Waals surface area (Å²) >= 11 is 1.55. The molecule has 102 valence electrons. The SMILES string of the molecule is Cc1csc(CNC(=O)N[C@H](C)Cn2ccnc2)n1. The van der Waals surface area contributed by atoms with E-state index in [0.29, 0.717) is 13.1 Å². The van der Waals surface area contributed by atoms with Gasteiger partial charge in [-0.1, -0.05) is 0 Å². The Kier molecular flexibility index (Phi) is 4.51. The summed E-state index contributed by atoms with van der Waals surface area (Å²) in [6.07, 6.45) is 5.32. The predicted molar refractivity (Wildman–Crippen MR) is 73.9 cm³/mol. The molecule has 2 aromatic heterocycles. The number of aromatic nitrogens is 3. The van der Waals surface area contributed by atoms with E-state index in [1.165, 1.54) is 0 Å². The molecule has 0 radical (unpaired) electrons. The highest BCUT2D eigenvalue weighted by molar-refractivity contribution is 7.09. The number of thiazole rings is 1. The van der Waals surface area contributed by atoms with Crippen LogP contribution in [0.5, 0.6) is 0 Å². The number of imidazole rings is 1. The van der Waals surface area contributed by atoms with E-state index in [1.807, 2.05) is 30.0 Å². The van der Waals surface area contributed by atoms with Gasteiger partial charge in [-0.2, -0.15) is 0 Å². The molecule has 2 rings (SSSR count). The Bertz CT molecular complexity index is 522. The quantitative estimate of drug-likeness (QED) is 0.872. The van der Waals surface area contributed by atoms with Crippen LogP contribution in [0.25, 0.3) is 0 Å². The molecule has 0 fully saturated rings. The zero-order valence-electron chi connectivity index (χ0n) is 11.0. The molecule has 2 amide bonds. The number of nitrogens with zero attached hydrogens (tertiary/aromatic N) is 3. The third kappa shape index (κ3) is 4.36. The Hall–Kier alpha value is -1.89. The summed E-state index contributed by atoms with van der Waals surface area (Å²) in [4.78, 5) is 19.9. The topological polar surface area (TPSA) is 71.8 Å². The van der Waals surface area contributed by atoms with Gasteiger partial charge in [-0.3, -0.25) is 0 Å². The van der Waals surface area contributed by atoms with Gasteiger partial charge in [0, 0.05) is 36.1 Å². The van der Waals surface area contributed by atoms with E-state index in [-0.39, 0.29) is 12.1 Å². The third-order valence-corrected chi connectivity index (χ3v) is 3.45. The molecule has 2 N–H and O–H groups in total. The lowest BCUT2D eigenvalue weighted by Crippen LogP contribution is -2.42. The summed E-state index contributed by atoms with van der Waals surface area (Å²) in [5, 5.41) is 8.55. The van der Waals surface area contributed by atoms with Gasteiger partial charge in [-0.05, 0) is 13.8 Å². The molecule has 0 spiro atoms. The maximum atomic E-state index is 11.7. The fourth-order valence-electron chi connectivity index (χ4n) is 1.67. The minimum Gasteiger partial charge on any atom is -0.335 e. The molecule has 2 aromatic rings. The highest BCUT2D eigenvalue weighted by atomic mass is 32.1. The number of aryl methyl sites for hydroxylation is 1. The second-order valence-corrected chi connectivity index (χ2v) is 5.31. The average Bonchev–Trinajstić information content (AvgIpc) is 2.98. The van der Waals surface area contributed by atoms with E-state index in [4.69, 9.17) is 0 Å². The first kappa shape index (κ1) is 13.5. The molecule has 7 heteroatoms. The van der Waals surface area contributed by atoms with Gasteiger partial charge < -0.3 is 15.2 Å². The Balaban J connectivity index is 1.71. The average molecular weight is 279 g/mol. The molecule has 0 bridgehead atoms. The highest BCUT2D eigenvalue weighted by Crippen LogP contribution is 2.07. The fourth-order valence-corrected chi connectivity index (χ4v) is 2.38. The van der Waals surface area contributed by atoms with Gasteiger partial charge in [0.05, 0.1) is 12.9 Å². The number of hydrogen-bond donors (Lipinski definition) is 2. The molecule has 0 saturated heterocycles. The van der Waals surface area contributed by atoms with Gasteiger partial charge in [0.25, 0.3) is 0 Å². The molecule has 6 nitrogen and oxygen atoms in total. The van der Waals surface area contributed by atoms with E-state index in [0.717, 1.165) is 10.7 Å². The van der Waals surface area contributed by atoms with Gasteiger partial charge in [-0.15, -0.1) is 11.3 Å². The number of rotatable bonds is 5. The lowest BCUT2D eigenvalue weighted by atomic mass is 10.3. The zero-order chi connectivity index (χ0) is 13.7. The Morgan fingerprint density at radius 2 is 2.42 bits per heavy atom. The minimum atomic E-state index is -0.180. The third-order valence-electron chi connectivity index (χ3n) is 2.49. The second-order valence-electron chi connectivity index (χ2n) is 4.37. The molecule has 0 aliphatic rings. The molecule has 1 atom stereocenters. The molecule has 2 heterocycles. The maximum absolute atomic E-state index is 11.7. The molecule has 0 aliphatic carbocycles. The monoisotopic (exact) mass is 279 g/mol. The molecule has 0 saturated carbocycles. The molecule has 0 aliphatic heterocycles. The van der Waals surface area contributed by atoms with Crippen molar-refractivity contribution in [2.45, 2.75) is 33.0 Å². The van der Waals surface area contributed by atoms with Crippen molar-refractivity contribution >= 4 is 17.4 Å². The summed E-state index contributed by atoms with van der Waals surface area (Å²) in [7, 11) is 0. The van der Waals surface area contributed by atoms with E-state index in [9.17, 15) is 4.79 Å². The first-order chi connectivity index (χ1) is 9.13. The summed E-state index contributed by atoms with van der Waals surface area (Å²) in [5.41, 5.74) is 0.982. The normalized spacial score (nSPS) is 12.1. The van der Waals surface area contributed by atoms with Crippen LogP contribution >= 0.6 is 11.3 Å². The van der Waals surface area contributed by atoms with Crippen molar-refractivity contribution in [2.24, 2.45) is 0 Å². The van der Waals surface area contributed by atoms with Crippen molar-refractivity contribution < 1.29 is 4.79 Å². The second kappa shape index (κ2) is 6.33. The fraction of sp³-hybridized carbons (Fsp3) is 0.417. The van der Waals surface area contributed by atoms with Crippen molar-refractivity contribution in [3.63, 3.8) is 0 Å². The summed E-state index contributed by atoms with van der Waals surface area (Å²) in [5.74, 6) is 0. The molecule has 0 unspecified atom stereocenters. The van der Waals surface area contributed by atoms with E-state index >= 15 is 0 Å². The van der Waals surface area contributed by atoms with Crippen LogP contribution in [-0.4, -0.2) is 26.6 Å². The van der Waals surface area contributed by atoms with Crippen LogP contribution in [0.3, 0.4) is 0 Å². The molecule has 0 aromatic carbocycles. The van der Waals surface area contributed by atoms with Crippen molar-refractivity contribution in [1.82, 2.24) is 25.2 Å². The van der Waals surface area contributed by atoms with E-state index in [2.05, 4.69) is 20.6 Å². The highest BCUT2D eigenvalue weighted by Gasteiger charge is 2.08. The van der Waals surface area contributed by atoms with Gasteiger partial charge >= 0.3 is 6.03 Å². The standard InChI is InChI=1S/C12H17N5OS/c1-9(6-17-4-3-13-8-17)16-12(18)14-5-11-15-10(2)7-19-11/h3-4,7-9H,5-6H2,1-2H3,(H2,14,16,18)/t9-/m1/s1. The molecular weight excluding hydrogens is 262 g/mol. The first-order valence-electron chi connectivity index (χ1n) is 6.04. The van der Waals surface area contributed by atoms with Gasteiger partial charge in [-0.25, -0.2) is 14.8 Å². The number of urea groups is 1. The van der Waals surface area contributed by atoms with Crippen molar-refractivity contribution in [3.8, 4) is 0 Å². The van der Waals surface area contributed by atoms with Crippen molar-refractivity contribution in [2.75, 3.05) is 0 Å². The van der Waals surface area contributed by atoms with E-state index in [1.54, 1.807) is 23.9 Å². The summed E-state index contributed by atoms with van der Waals surface area (Å²) < 4.78 is 1.93. The summed E-state index contributed by atoms with van der Waals surface area (Å²) in [6, 6.07) is -0.146. The van der Waals surface area contributed by atoms with Crippen LogP contribution in [-0.2, 0) is 13.1 Å². The van der Waals surface area contributed by atoms with Crippen molar-refractivity contribution in [1.29, 1.82) is 0 Å². The Morgan fingerprint density at radius 3 is 3.05 bits per heavy atom. The lowest BCUT2D eigenvalue weighted by Gasteiger charge is -2.14. The van der Waals surface area contributed by atoms with Crippen LogP contribution in [0.4, 0.5) is 4.79 Å². The molecule has 19 heavy (non-hydrogen) atoms. The van der Waals surface area contributed by atoms with Gasteiger partial charge in [0.1, 0.15) is 5.01 Å². The van der Waals surface area contributed by atoms with Crippen molar-refractivity contribution in [3.05, 3.63) is 34.8 Å².